The molecule has 5 N–H and O–H groups in total. The van der Waals surface area contributed by atoms with Crippen LogP contribution in [0.4, 0.5) is 5.82 Å². The van der Waals surface area contributed by atoms with Crippen molar-refractivity contribution in [3.63, 3.8) is 0 Å². The molecule has 0 saturated carbocycles. The van der Waals surface area contributed by atoms with Crippen molar-refractivity contribution in [2.24, 2.45) is 5.73 Å². The lowest BCUT2D eigenvalue weighted by atomic mass is 10.1. The molecule has 0 radical (unpaired) electrons. The fourth-order valence-corrected chi connectivity index (χ4v) is 2.95. The van der Waals surface area contributed by atoms with E-state index in [9.17, 15) is 14.7 Å². The van der Waals surface area contributed by atoms with Gasteiger partial charge in [0.15, 0.2) is 5.82 Å². The maximum absolute atomic E-state index is 12.7. The van der Waals surface area contributed by atoms with Crippen molar-refractivity contribution >= 4 is 28.4 Å². The standard InChI is InChI=1S/C21H16N4O3/c22-18(27)17-20(24-19(23-17)15-7-3-4-8-16(15)26)25-21(28)14-10-9-12-5-1-2-6-13(12)11-14/h1-11,26H,(H2,22,27)(H,23,24)(H,25,28). The molecule has 28 heavy (non-hydrogen) atoms. The number of hydrogen-bond acceptors (Lipinski definition) is 4. The topological polar surface area (TPSA) is 121 Å². The van der Waals surface area contributed by atoms with E-state index in [0.29, 0.717) is 11.1 Å². The number of aromatic amines is 1. The van der Waals surface area contributed by atoms with Gasteiger partial charge in [0.05, 0.1) is 5.56 Å². The Balaban J connectivity index is 1.69. The Kier molecular flexibility index (Phi) is 4.25. The van der Waals surface area contributed by atoms with Gasteiger partial charge in [0, 0.05) is 5.56 Å². The van der Waals surface area contributed by atoms with Crippen LogP contribution in [0.1, 0.15) is 20.8 Å². The number of imidazole rings is 1. The molecule has 2 amide bonds. The highest BCUT2D eigenvalue weighted by Crippen LogP contribution is 2.29. The Labute approximate surface area is 159 Å². The number of carbonyl (C=O) groups is 2. The molecule has 0 aliphatic heterocycles. The number of nitrogens with one attached hydrogen (secondary N) is 2. The molecule has 138 valence electrons. The quantitative estimate of drug-likeness (QED) is 0.439. The van der Waals surface area contributed by atoms with Crippen molar-refractivity contribution < 1.29 is 14.7 Å². The number of aromatic hydroxyl groups is 1. The van der Waals surface area contributed by atoms with E-state index in [0.717, 1.165) is 10.8 Å². The lowest BCUT2D eigenvalue weighted by Gasteiger charge is -2.05. The second-order valence-electron chi connectivity index (χ2n) is 6.21. The second kappa shape index (κ2) is 6.88. The number of phenolic OH excluding ortho intramolecular Hbond substituents is 1. The van der Waals surface area contributed by atoms with Gasteiger partial charge in [0.2, 0.25) is 0 Å². The second-order valence-corrected chi connectivity index (χ2v) is 6.21. The molecule has 7 nitrogen and oxygen atoms in total. The van der Waals surface area contributed by atoms with Crippen molar-refractivity contribution in [1.29, 1.82) is 0 Å². The van der Waals surface area contributed by atoms with Gasteiger partial charge in [-0.25, -0.2) is 4.98 Å². The number of rotatable bonds is 4. The number of aromatic nitrogens is 2. The molecular formula is C21H16N4O3. The Morgan fingerprint density at radius 1 is 0.964 bits per heavy atom. The Morgan fingerprint density at radius 3 is 2.43 bits per heavy atom. The van der Waals surface area contributed by atoms with E-state index in [1.54, 1.807) is 30.3 Å². The first-order valence-corrected chi connectivity index (χ1v) is 8.51. The number of carbonyl (C=O) groups excluding carboxylic acids is 2. The predicted octanol–water partition coefficient (Wildman–Crippen LogP) is 3.29. The highest BCUT2D eigenvalue weighted by Gasteiger charge is 2.20. The van der Waals surface area contributed by atoms with E-state index in [-0.39, 0.29) is 23.1 Å². The van der Waals surface area contributed by atoms with E-state index in [1.165, 1.54) is 6.07 Å². The normalized spacial score (nSPS) is 10.7. The first kappa shape index (κ1) is 17.3. The van der Waals surface area contributed by atoms with Crippen LogP contribution in [0.25, 0.3) is 22.2 Å². The third kappa shape index (κ3) is 3.16. The van der Waals surface area contributed by atoms with E-state index < -0.39 is 11.8 Å². The van der Waals surface area contributed by atoms with Crippen LogP contribution >= 0.6 is 0 Å². The van der Waals surface area contributed by atoms with Crippen LogP contribution in [0, 0.1) is 0 Å². The molecule has 0 aliphatic rings. The number of benzene rings is 3. The Bertz CT molecular complexity index is 1210. The van der Waals surface area contributed by atoms with E-state index in [2.05, 4.69) is 15.3 Å². The van der Waals surface area contributed by atoms with Crippen LogP contribution < -0.4 is 11.1 Å². The highest BCUT2D eigenvalue weighted by atomic mass is 16.3. The minimum Gasteiger partial charge on any atom is -0.507 e. The summed E-state index contributed by atoms with van der Waals surface area (Å²) in [6.07, 6.45) is 0. The minimum atomic E-state index is -0.775. The molecule has 0 bridgehead atoms. The van der Waals surface area contributed by atoms with Gasteiger partial charge in [-0.3, -0.25) is 9.59 Å². The summed E-state index contributed by atoms with van der Waals surface area (Å²) in [6.45, 7) is 0. The molecule has 4 rings (SSSR count). The number of H-pyrrole nitrogens is 1. The zero-order valence-corrected chi connectivity index (χ0v) is 14.6. The monoisotopic (exact) mass is 372 g/mol. The van der Waals surface area contributed by atoms with Crippen molar-refractivity contribution in [1.82, 2.24) is 9.97 Å². The number of phenols is 1. The van der Waals surface area contributed by atoms with Crippen LogP contribution in [-0.4, -0.2) is 26.9 Å². The molecule has 1 heterocycles. The summed E-state index contributed by atoms with van der Waals surface area (Å²) >= 11 is 0. The average Bonchev–Trinajstić information content (AvgIpc) is 3.11. The van der Waals surface area contributed by atoms with Gasteiger partial charge in [-0.15, -0.1) is 0 Å². The maximum Gasteiger partial charge on any atom is 0.269 e. The predicted molar refractivity (Wildman–Crippen MR) is 106 cm³/mol. The maximum atomic E-state index is 12.7. The number of nitrogens with two attached hydrogens (primary N) is 1. The lowest BCUT2D eigenvalue weighted by Crippen LogP contribution is -2.18. The van der Waals surface area contributed by atoms with Crippen molar-refractivity contribution in [3.8, 4) is 17.1 Å². The number of hydrogen-bond donors (Lipinski definition) is 4. The number of anilines is 1. The van der Waals surface area contributed by atoms with Crippen molar-refractivity contribution in [2.45, 2.75) is 0 Å². The third-order valence-corrected chi connectivity index (χ3v) is 4.35. The molecule has 7 heteroatoms. The zero-order valence-electron chi connectivity index (χ0n) is 14.6. The Morgan fingerprint density at radius 2 is 1.68 bits per heavy atom. The summed E-state index contributed by atoms with van der Waals surface area (Å²) in [5.41, 5.74) is 6.16. The average molecular weight is 372 g/mol. The zero-order chi connectivity index (χ0) is 19.7. The summed E-state index contributed by atoms with van der Waals surface area (Å²) in [5.74, 6) is -0.990. The number of para-hydroxylation sites is 1. The largest absolute Gasteiger partial charge is 0.507 e. The molecule has 0 aliphatic carbocycles. The molecule has 0 saturated heterocycles. The number of fused-ring (bicyclic) bond motifs is 1. The molecular weight excluding hydrogens is 356 g/mol. The van der Waals surface area contributed by atoms with Gasteiger partial charge in [-0.2, -0.15) is 0 Å². The summed E-state index contributed by atoms with van der Waals surface area (Å²) in [4.78, 5) is 31.5. The SMILES string of the molecule is NC(=O)c1[nH]c(-c2ccccc2O)nc1NC(=O)c1ccc2ccccc2c1. The summed E-state index contributed by atoms with van der Waals surface area (Å²) in [7, 11) is 0. The van der Waals surface area contributed by atoms with Crippen molar-refractivity contribution in [2.75, 3.05) is 5.32 Å². The fourth-order valence-electron chi connectivity index (χ4n) is 2.95. The molecule has 0 fully saturated rings. The number of amides is 2. The smallest absolute Gasteiger partial charge is 0.269 e. The van der Waals surface area contributed by atoms with Crippen molar-refractivity contribution in [3.05, 3.63) is 78.0 Å². The van der Waals surface area contributed by atoms with Gasteiger partial charge in [-0.1, -0.05) is 42.5 Å². The first-order valence-electron chi connectivity index (χ1n) is 8.51. The van der Waals surface area contributed by atoms with Crippen LogP contribution in [0.2, 0.25) is 0 Å². The Hall–Kier alpha value is -4.13. The van der Waals surface area contributed by atoms with Crippen LogP contribution in [0.5, 0.6) is 5.75 Å². The van der Waals surface area contributed by atoms with Gasteiger partial charge < -0.3 is 21.1 Å². The number of nitrogens with zero attached hydrogens (tertiary/aromatic N) is 1. The number of primary amides is 1. The summed E-state index contributed by atoms with van der Waals surface area (Å²) < 4.78 is 0. The van der Waals surface area contributed by atoms with Crippen LogP contribution in [0.15, 0.2) is 66.7 Å². The van der Waals surface area contributed by atoms with Gasteiger partial charge in [0.1, 0.15) is 17.3 Å². The van der Waals surface area contributed by atoms with E-state index in [1.807, 2.05) is 30.3 Å². The van der Waals surface area contributed by atoms with Gasteiger partial charge in [-0.05, 0) is 35.0 Å². The minimum absolute atomic E-state index is 0.00362. The van der Waals surface area contributed by atoms with Gasteiger partial charge >= 0.3 is 0 Å². The highest BCUT2D eigenvalue weighted by molar-refractivity contribution is 6.09. The third-order valence-electron chi connectivity index (χ3n) is 4.35. The molecule has 1 aromatic heterocycles. The van der Waals surface area contributed by atoms with Gasteiger partial charge in [0.25, 0.3) is 11.8 Å². The lowest BCUT2D eigenvalue weighted by molar-refractivity contribution is 0.0997. The van der Waals surface area contributed by atoms with E-state index in [4.69, 9.17) is 5.73 Å². The summed E-state index contributed by atoms with van der Waals surface area (Å²) in [5, 5.41) is 14.5. The van der Waals surface area contributed by atoms with Crippen LogP contribution in [0.3, 0.4) is 0 Å². The molecule has 0 spiro atoms. The fraction of sp³-hybridized carbons (Fsp3) is 0. The molecule has 0 unspecified atom stereocenters. The molecule has 3 aromatic carbocycles. The van der Waals surface area contributed by atoms with E-state index >= 15 is 0 Å². The summed E-state index contributed by atoms with van der Waals surface area (Å²) in [6, 6.07) is 19.5. The van der Waals surface area contributed by atoms with Crippen LogP contribution in [-0.2, 0) is 0 Å². The molecule has 4 aromatic rings. The molecule has 0 atom stereocenters. The first-order chi connectivity index (χ1) is 13.5.